The molecule has 7 N–H and O–H groups in total. The minimum atomic E-state index is -5.39. The average Bonchev–Trinajstić information content (AvgIpc) is 2.07. The molecule has 0 aliphatic heterocycles. The molecule has 0 heterocycles. The Balaban J connectivity index is 0. The zero-order valence-electron chi connectivity index (χ0n) is 9.23. The van der Waals surface area contributed by atoms with Gasteiger partial charge in [-0.05, 0) is 13.0 Å². The number of hydrogen-bond donors (Lipinski definition) is 6. The first kappa shape index (κ1) is 21.6. The highest BCUT2D eigenvalue weighted by molar-refractivity contribution is 7.72. The number of hydrogen-bond acceptors (Lipinski definition) is 8. The van der Waals surface area contributed by atoms with Crippen molar-refractivity contribution in [2.75, 3.05) is 6.54 Å². The molecule has 0 unspecified atom stereocenters. The van der Waals surface area contributed by atoms with Gasteiger partial charge in [-0.25, -0.2) is 0 Å². The lowest BCUT2D eigenvalue weighted by molar-refractivity contribution is -0.432. The normalized spacial score (nSPS) is 13.7. The van der Waals surface area contributed by atoms with Crippen molar-refractivity contribution in [3.05, 3.63) is 0 Å². The molecule has 15 heteroatoms. The first-order valence-corrected chi connectivity index (χ1v) is 9.01. The van der Waals surface area contributed by atoms with Crippen LogP contribution < -0.4 is 20.4 Å². The predicted octanol–water partition coefficient (Wildman–Crippen LogP) is -4.10. The number of phosphoric acid groups is 1. The summed E-state index contributed by atoms with van der Waals surface area (Å²) in [5.41, 5.74) is 5.01. The molecule has 0 aliphatic carbocycles. The molecule has 0 aromatic carbocycles. The van der Waals surface area contributed by atoms with E-state index >= 15 is 0 Å². The van der Waals surface area contributed by atoms with Crippen LogP contribution in [0.1, 0.15) is 12.8 Å². The molecule has 0 saturated carbocycles. The summed E-state index contributed by atoms with van der Waals surface area (Å²) >= 11 is 0. The second-order valence-corrected chi connectivity index (χ2v) is 8.10. The molecule has 0 aromatic heterocycles. The van der Waals surface area contributed by atoms with Gasteiger partial charge >= 0.3 is 15.2 Å². The monoisotopic (exact) mass is 344 g/mol. The van der Waals surface area contributed by atoms with Crippen LogP contribution in [0.3, 0.4) is 0 Å². The zero-order chi connectivity index (χ0) is 16.1. The van der Waals surface area contributed by atoms with E-state index in [1.807, 2.05) is 0 Å². The fraction of sp³-hybridized carbons (Fsp3) is 1.00. The average molecular weight is 344 g/mol. The third-order valence-corrected chi connectivity index (χ3v) is 5.53. The van der Waals surface area contributed by atoms with Crippen molar-refractivity contribution in [2.24, 2.45) is 5.73 Å². The number of nitrogens with two attached hydrogens (primary N) is 1. The van der Waals surface area contributed by atoms with E-state index in [2.05, 4.69) is 0 Å². The second kappa shape index (κ2) is 7.37. The number of aliphatic hydroxyl groups is 1. The van der Waals surface area contributed by atoms with Crippen molar-refractivity contribution >= 4 is 23.0 Å². The number of rotatable bonds is 5. The van der Waals surface area contributed by atoms with Crippen LogP contribution in [0.4, 0.5) is 0 Å². The topological polar surface area (TPSA) is 248 Å². The summed E-state index contributed by atoms with van der Waals surface area (Å²) < 4.78 is 30.0. The lowest BCUT2D eigenvalue weighted by Crippen LogP contribution is -2.29. The van der Waals surface area contributed by atoms with E-state index in [0.29, 0.717) is 0 Å². The third kappa shape index (κ3) is 8.98. The van der Waals surface area contributed by atoms with Gasteiger partial charge in [-0.2, -0.15) is 7.82 Å². The van der Waals surface area contributed by atoms with Crippen LogP contribution in [0, 0.1) is 0 Å². The molecule has 0 spiro atoms. The van der Waals surface area contributed by atoms with E-state index in [-0.39, 0.29) is 13.0 Å². The van der Waals surface area contributed by atoms with Gasteiger partial charge in [0.05, 0.1) is 0 Å². The van der Waals surface area contributed by atoms with Gasteiger partial charge in [-0.1, -0.05) is 0 Å². The Morgan fingerprint density at radius 2 is 1.21 bits per heavy atom. The van der Waals surface area contributed by atoms with Gasteiger partial charge in [0.1, 0.15) is 0 Å². The second-order valence-electron chi connectivity index (χ2n) is 3.20. The van der Waals surface area contributed by atoms with E-state index in [4.69, 9.17) is 44.6 Å². The molecule has 0 aliphatic rings. The first-order valence-electron chi connectivity index (χ1n) is 4.33. The van der Waals surface area contributed by atoms with Gasteiger partial charge in [0.2, 0.25) is 0 Å². The van der Waals surface area contributed by atoms with Crippen molar-refractivity contribution < 1.29 is 53.1 Å². The molecular formula is C4H13NO11P3-3. The molecule has 0 saturated heterocycles. The lowest BCUT2D eigenvalue weighted by Gasteiger charge is -2.36. The van der Waals surface area contributed by atoms with Crippen LogP contribution in [0.25, 0.3) is 0 Å². The maximum Gasteiger partial charge on any atom is 0.369 e. The van der Waals surface area contributed by atoms with Crippen molar-refractivity contribution in [2.45, 2.75) is 17.9 Å². The summed E-state index contributed by atoms with van der Waals surface area (Å²) in [6.45, 7) is -0.0394. The van der Waals surface area contributed by atoms with E-state index in [1.54, 1.807) is 0 Å². The molecule has 0 amide bonds. The lowest BCUT2D eigenvalue weighted by atomic mass is 10.3. The quantitative estimate of drug-likeness (QED) is 0.260. The molecule has 0 radical (unpaired) electrons. The maximum absolute atomic E-state index is 10.7. The first-order chi connectivity index (χ1) is 8.06. The Labute approximate surface area is 107 Å². The molecule has 0 rings (SSSR count). The van der Waals surface area contributed by atoms with Crippen molar-refractivity contribution in [1.29, 1.82) is 0 Å². The van der Waals surface area contributed by atoms with Crippen LogP contribution in [0.2, 0.25) is 0 Å². The van der Waals surface area contributed by atoms with Crippen LogP contribution in [-0.2, 0) is 13.7 Å². The van der Waals surface area contributed by atoms with Gasteiger partial charge in [0, 0.05) is 6.42 Å². The van der Waals surface area contributed by atoms with Crippen LogP contribution in [0.5, 0.6) is 0 Å². The molecule has 0 atom stereocenters. The third-order valence-electron chi connectivity index (χ3n) is 1.65. The Morgan fingerprint density at radius 3 is 1.37 bits per heavy atom. The van der Waals surface area contributed by atoms with Crippen molar-refractivity contribution in [3.63, 3.8) is 0 Å². The highest BCUT2D eigenvalue weighted by Gasteiger charge is 2.58. The zero-order valence-corrected chi connectivity index (χ0v) is 11.9. The SMILES string of the molecule is NCCCC(O)(P(=O)(O)O)P(=O)(O)O.O=P([O-])([O-])[O-]. The highest BCUT2D eigenvalue weighted by Crippen LogP contribution is 2.69. The predicted molar refractivity (Wildman–Crippen MR) is 54.9 cm³/mol. The Morgan fingerprint density at radius 1 is 0.947 bits per heavy atom. The summed E-state index contributed by atoms with van der Waals surface area (Å²) in [4.78, 5) is 60.2. The van der Waals surface area contributed by atoms with Crippen LogP contribution >= 0.6 is 23.0 Å². The Hall–Kier alpha value is 0.330. The smallest absolute Gasteiger partial charge is 0.369 e. The van der Waals surface area contributed by atoms with Gasteiger partial charge in [-0.3, -0.25) is 9.13 Å². The van der Waals surface area contributed by atoms with Gasteiger partial charge in [-0.15, -0.1) is 0 Å². The van der Waals surface area contributed by atoms with Gasteiger partial charge in [0.15, 0.2) is 0 Å². The molecule has 0 fully saturated rings. The summed E-state index contributed by atoms with van der Waals surface area (Å²) in [7, 11) is -16.0. The van der Waals surface area contributed by atoms with Crippen molar-refractivity contribution in [3.8, 4) is 0 Å². The fourth-order valence-corrected chi connectivity index (χ4v) is 3.06. The van der Waals surface area contributed by atoms with E-state index in [0.717, 1.165) is 0 Å². The van der Waals surface area contributed by atoms with E-state index in [9.17, 15) is 14.2 Å². The van der Waals surface area contributed by atoms with Crippen molar-refractivity contribution in [1.82, 2.24) is 0 Å². The minimum absolute atomic E-state index is 0.0394. The van der Waals surface area contributed by atoms with E-state index in [1.165, 1.54) is 0 Å². The Kier molecular flexibility index (Phi) is 8.39. The van der Waals surface area contributed by atoms with Crippen LogP contribution in [0.15, 0.2) is 0 Å². The molecular weight excluding hydrogens is 331 g/mol. The van der Waals surface area contributed by atoms with Gasteiger partial charge in [0.25, 0.3) is 5.08 Å². The largest absolute Gasteiger partial charge is 0.822 e. The maximum atomic E-state index is 10.7. The molecule has 19 heavy (non-hydrogen) atoms. The van der Waals surface area contributed by atoms with Crippen LogP contribution in [-0.4, -0.2) is 36.3 Å². The molecule has 0 bridgehead atoms. The van der Waals surface area contributed by atoms with E-state index < -0.39 is 34.5 Å². The summed E-state index contributed by atoms with van der Waals surface area (Å²) in [5.74, 6) is 0. The summed E-state index contributed by atoms with van der Waals surface area (Å²) in [6, 6.07) is 0. The molecule has 0 aromatic rings. The molecule has 118 valence electrons. The van der Waals surface area contributed by atoms with Gasteiger partial charge < -0.3 is 49.7 Å². The summed E-state index contributed by atoms with van der Waals surface area (Å²) in [6.07, 6.45) is -0.856. The minimum Gasteiger partial charge on any atom is -0.822 e. The summed E-state index contributed by atoms with van der Waals surface area (Å²) in [5, 5.41) is 5.91. The fourth-order valence-electron chi connectivity index (χ4n) is 0.800. The Bertz CT molecular complexity index is 374. The standard InChI is InChI=1S/C4H13NO7P2.H3O4P/c5-3-1-2-4(6,13(7,8)9)14(10,11)12;1-5(2,3)4/h6H,1-3,5H2,(H2,7,8,9)(H2,10,11,12);(H3,1,2,3,4)/p-3. The molecule has 12 nitrogen and oxygen atoms in total. The highest BCUT2D eigenvalue weighted by atomic mass is 31.2.